The van der Waals surface area contributed by atoms with Gasteiger partial charge in [-0.15, -0.1) is 0 Å². The van der Waals surface area contributed by atoms with Gasteiger partial charge in [-0.25, -0.2) is 13.6 Å². The molecular weight excluding hydrogens is 448 g/mol. The number of benzene rings is 3. The highest BCUT2D eigenvalue weighted by molar-refractivity contribution is 5.89. The molecule has 0 unspecified atom stereocenters. The van der Waals surface area contributed by atoms with Gasteiger partial charge in [0.25, 0.3) is 0 Å². The summed E-state index contributed by atoms with van der Waals surface area (Å²) in [6.07, 6.45) is 1.81. The predicted molar refractivity (Wildman–Crippen MR) is 132 cm³/mol. The van der Waals surface area contributed by atoms with Crippen LogP contribution in [0.4, 0.5) is 19.3 Å². The van der Waals surface area contributed by atoms with Gasteiger partial charge in [-0.3, -0.25) is 4.90 Å². The summed E-state index contributed by atoms with van der Waals surface area (Å²) in [5, 5.41) is 13.0. The molecule has 7 heteroatoms. The van der Waals surface area contributed by atoms with Gasteiger partial charge in [0.15, 0.2) is 0 Å². The number of anilines is 1. The summed E-state index contributed by atoms with van der Waals surface area (Å²) in [6.45, 7) is 2.09. The maximum absolute atomic E-state index is 14.2. The molecule has 3 aromatic carbocycles. The first-order valence-electron chi connectivity index (χ1n) is 12.1. The lowest BCUT2D eigenvalue weighted by atomic mass is 9.74. The minimum Gasteiger partial charge on any atom is -0.395 e. The Morgan fingerprint density at radius 1 is 0.943 bits per heavy atom. The number of hydrogen-bond acceptors (Lipinski definition) is 3. The zero-order valence-corrected chi connectivity index (χ0v) is 19.4. The molecule has 2 saturated heterocycles. The number of hydrogen-bond donors (Lipinski definition) is 2. The van der Waals surface area contributed by atoms with Crippen molar-refractivity contribution < 1.29 is 18.7 Å². The number of carbonyl (C=O) groups is 1. The van der Waals surface area contributed by atoms with Crippen LogP contribution < -0.4 is 5.32 Å². The Morgan fingerprint density at radius 2 is 1.66 bits per heavy atom. The van der Waals surface area contributed by atoms with E-state index in [1.54, 1.807) is 24.3 Å². The van der Waals surface area contributed by atoms with Gasteiger partial charge in [-0.2, -0.15) is 0 Å². The molecule has 0 saturated carbocycles. The molecule has 0 spiro atoms. The molecule has 2 fully saturated rings. The Kier molecular flexibility index (Phi) is 6.79. The van der Waals surface area contributed by atoms with E-state index in [1.807, 2.05) is 35.2 Å². The summed E-state index contributed by atoms with van der Waals surface area (Å²) in [5.41, 5.74) is 2.99. The van der Waals surface area contributed by atoms with Gasteiger partial charge in [0, 0.05) is 42.3 Å². The first-order chi connectivity index (χ1) is 17.0. The molecule has 182 valence electrons. The molecule has 3 atom stereocenters. The summed E-state index contributed by atoms with van der Waals surface area (Å²) in [6, 6.07) is 20.2. The number of carbonyl (C=O) groups excluding carboxylic acids is 1. The fraction of sp³-hybridized carbons (Fsp3) is 0.321. The van der Waals surface area contributed by atoms with Crippen LogP contribution in [0, 0.1) is 11.6 Å². The van der Waals surface area contributed by atoms with Crippen molar-refractivity contribution in [3.8, 4) is 11.1 Å². The number of fused-ring (bicyclic) bond motifs is 1. The van der Waals surface area contributed by atoms with Gasteiger partial charge >= 0.3 is 6.03 Å². The van der Waals surface area contributed by atoms with Crippen molar-refractivity contribution in [3.63, 3.8) is 0 Å². The second-order valence-corrected chi connectivity index (χ2v) is 9.27. The molecule has 5 rings (SSSR count). The molecule has 0 bridgehead atoms. The lowest BCUT2D eigenvalue weighted by molar-refractivity contribution is -0.0585. The Labute approximate surface area is 204 Å². The van der Waals surface area contributed by atoms with Crippen LogP contribution in [0.25, 0.3) is 11.1 Å². The third-order valence-corrected chi connectivity index (χ3v) is 7.23. The highest BCUT2D eigenvalue weighted by Gasteiger charge is 2.49. The number of halogens is 2. The van der Waals surface area contributed by atoms with E-state index in [0.29, 0.717) is 24.3 Å². The number of amides is 2. The van der Waals surface area contributed by atoms with Crippen molar-refractivity contribution >= 4 is 11.7 Å². The van der Waals surface area contributed by atoms with E-state index in [-0.39, 0.29) is 42.3 Å². The number of nitrogens with one attached hydrogen (secondary N) is 1. The molecule has 2 heterocycles. The van der Waals surface area contributed by atoms with E-state index >= 15 is 0 Å². The van der Waals surface area contributed by atoms with Crippen LogP contribution in [-0.4, -0.2) is 59.3 Å². The third-order valence-electron chi connectivity index (χ3n) is 7.23. The van der Waals surface area contributed by atoms with Crippen molar-refractivity contribution in [1.82, 2.24) is 9.80 Å². The number of nitrogens with zero attached hydrogens (tertiary/aromatic N) is 2. The van der Waals surface area contributed by atoms with E-state index in [4.69, 9.17) is 0 Å². The Hall–Kier alpha value is -3.29. The minimum atomic E-state index is -0.349. The largest absolute Gasteiger partial charge is 0.395 e. The predicted octanol–water partition coefficient (Wildman–Crippen LogP) is 5.09. The van der Waals surface area contributed by atoms with Crippen molar-refractivity contribution in [2.75, 3.05) is 31.6 Å². The number of rotatable bonds is 4. The van der Waals surface area contributed by atoms with Crippen LogP contribution in [0.2, 0.25) is 0 Å². The third kappa shape index (κ3) is 4.79. The van der Waals surface area contributed by atoms with Crippen molar-refractivity contribution in [3.05, 3.63) is 90.0 Å². The second-order valence-electron chi connectivity index (χ2n) is 9.27. The van der Waals surface area contributed by atoms with Crippen LogP contribution >= 0.6 is 0 Å². The molecule has 35 heavy (non-hydrogen) atoms. The molecule has 2 aliphatic rings. The lowest BCUT2D eigenvalue weighted by Gasteiger charge is -2.57. The molecule has 2 N–H and O–H groups in total. The van der Waals surface area contributed by atoms with E-state index < -0.39 is 0 Å². The van der Waals surface area contributed by atoms with Crippen LogP contribution in [0.3, 0.4) is 0 Å². The molecule has 5 nitrogen and oxygen atoms in total. The maximum atomic E-state index is 14.2. The maximum Gasteiger partial charge on any atom is 0.321 e. The molecule has 0 aliphatic carbocycles. The SMILES string of the molecule is O=C(Nc1ccc(F)cc1)N1CCCCN2[C@H](CO)[C@@H](c3ccc(-c4ccccc4F)cc3)[C@@H]2C1. The average Bonchev–Trinajstić information content (AvgIpc) is 2.85. The minimum absolute atomic E-state index is 0.0144. The van der Waals surface area contributed by atoms with Crippen LogP contribution in [-0.2, 0) is 0 Å². The Bertz CT molecular complexity index is 1170. The van der Waals surface area contributed by atoms with Crippen LogP contribution in [0.15, 0.2) is 72.8 Å². The van der Waals surface area contributed by atoms with Gasteiger partial charge in [-0.05, 0) is 60.8 Å². The first-order valence-corrected chi connectivity index (χ1v) is 12.1. The smallest absolute Gasteiger partial charge is 0.321 e. The summed E-state index contributed by atoms with van der Waals surface area (Å²) < 4.78 is 27.5. The first kappa shape index (κ1) is 23.5. The van der Waals surface area contributed by atoms with Crippen molar-refractivity contribution in [1.29, 1.82) is 0 Å². The van der Waals surface area contributed by atoms with E-state index in [2.05, 4.69) is 10.2 Å². The Morgan fingerprint density at radius 3 is 2.37 bits per heavy atom. The number of aliphatic hydroxyl groups is 1. The number of urea groups is 1. The second kappa shape index (κ2) is 10.1. The monoisotopic (exact) mass is 477 g/mol. The molecular formula is C28H29F2N3O2. The van der Waals surface area contributed by atoms with Crippen LogP contribution in [0.5, 0.6) is 0 Å². The summed E-state index contributed by atoms with van der Waals surface area (Å²) in [7, 11) is 0. The number of aliphatic hydroxyl groups excluding tert-OH is 1. The summed E-state index contributed by atoms with van der Waals surface area (Å²) in [5.74, 6) is -0.543. The molecule has 2 amide bonds. The quantitative estimate of drug-likeness (QED) is 0.551. The van der Waals surface area contributed by atoms with Gasteiger partial charge < -0.3 is 15.3 Å². The van der Waals surface area contributed by atoms with Crippen LogP contribution in [0.1, 0.15) is 24.3 Å². The van der Waals surface area contributed by atoms with E-state index in [1.165, 1.54) is 18.2 Å². The lowest BCUT2D eigenvalue weighted by Crippen LogP contribution is -2.68. The Balaban J connectivity index is 1.35. The van der Waals surface area contributed by atoms with Gasteiger partial charge in [0.1, 0.15) is 11.6 Å². The zero-order chi connectivity index (χ0) is 24.4. The highest BCUT2D eigenvalue weighted by Crippen LogP contribution is 2.42. The van der Waals surface area contributed by atoms with Gasteiger partial charge in [-0.1, -0.05) is 42.5 Å². The van der Waals surface area contributed by atoms with E-state index in [9.17, 15) is 18.7 Å². The summed E-state index contributed by atoms with van der Waals surface area (Å²) in [4.78, 5) is 17.2. The average molecular weight is 478 g/mol. The molecule has 0 radical (unpaired) electrons. The molecule has 0 aromatic heterocycles. The van der Waals surface area contributed by atoms with Gasteiger partial charge in [0.2, 0.25) is 0 Å². The topological polar surface area (TPSA) is 55.8 Å². The normalized spacial score (nSPS) is 22.5. The highest BCUT2D eigenvalue weighted by atomic mass is 19.1. The van der Waals surface area contributed by atoms with E-state index in [0.717, 1.165) is 30.5 Å². The van der Waals surface area contributed by atoms with Crippen molar-refractivity contribution in [2.45, 2.75) is 30.8 Å². The van der Waals surface area contributed by atoms with Crippen molar-refractivity contribution in [2.24, 2.45) is 0 Å². The molecule has 3 aromatic rings. The van der Waals surface area contributed by atoms with Gasteiger partial charge in [0.05, 0.1) is 6.61 Å². The fourth-order valence-electron chi connectivity index (χ4n) is 5.44. The fourth-order valence-corrected chi connectivity index (χ4v) is 5.44. The summed E-state index contributed by atoms with van der Waals surface area (Å²) >= 11 is 0. The molecule has 2 aliphatic heterocycles. The zero-order valence-electron chi connectivity index (χ0n) is 19.4. The standard InChI is InChI=1S/C28H29F2N3O2/c29-21-11-13-22(14-12-21)31-28(35)32-15-3-4-16-33-25(17-32)27(26(33)18-34)20-9-7-19(8-10-20)23-5-1-2-6-24(23)30/h1-2,5-14,25-27,34H,3-4,15-18H2,(H,31,35)/t25-,26+,27-/m0/s1.